The molecule has 1 aromatic carbocycles. The Balaban J connectivity index is 1.73. The van der Waals surface area contributed by atoms with Crippen molar-refractivity contribution in [2.24, 2.45) is 0 Å². The molecule has 0 saturated heterocycles. The fourth-order valence-electron chi connectivity index (χ4n) is 2.18. The van der Waals surface area contributed by atoms with Crippen molar-refractivity contribution in [1.29, 1.82) is 0 Å². The molecular formula is C16H20N4OS. The average Bonchev–Trinajstić information content (AvgIpc) is 3.12. The van der Waals surface area contributed by atoms with E-state index in [0.717, 1.165) is 22.9 Å². The highest BCUT2D eigenvalue weighted by molar-refractivity contribution is 7.18. The molecule has 0 saturated carbocycles. The van der Waals surface area contributed by atoms with Gasteiger partial charge in [0.1, 0.15) is 5.01 Å². The summed E-state index contributed by atoms with van der Waals surface area (Å²) in [5, 5.41) is 5.13. The Morgan fingerprint density at radius 1 is 1.18 bits per heavy atom. The fourth-order valence-corrected chi connectivity index (χ4v) is 3.21. The maximum Gasteiger partial charge on any atom is 0.243 e. The number of hydrogen-bond acceptors (Lipinski definition) is 6. The molecule has 0 bridgehead atoms. The molecule has 116 valence electrons. The smallest absolute Gasteiger partial charge is 0.243 e. The number of hydrogen-bond donors (Lipinski definition) is 0. The number of fused-ring (bicyclic) bond motifs is 1. The lowest BCUT2D eigenvalue weighted by atomic mass is 10.2. The summed E-state index contributed by atoms with van der Waals surface area (Å²) >= 11 is 1.73. The van der Waals surface area contributed by atoms with Crippen LogP contribution in [-0.2, 0) is 6.54 Å². The van der Waals surface area contributed by atoms with Gasteiger partial charge in [0, 0.05) is 5.92 Å². The average molecular weight is 316 g/mol. The van der Waals surface area contributed by atoms with E-state index in [4.69, 9.17) is 4.52 Å². The van der Waals surface area contributed by atoms with E-state index in [1.807, 2.05) is 18.2 Å². The second kappa shape index (κ2) is 6.14. The van der Waals surface area contributed by atoms with E-state index in [-0.39, 0.29) is 12.0 Å². The molecule has 0 aliphatic rings. The van der Waals surface area contributed by atoms with Crippen LogP contribution in [-0.4, -0.2) is 27.1 Å². The highest BCUT2D eigenvalue weighted by atomic mass is 32.1. The molecule has 3 rings (SSSR count). The molecule has 0 spiro atoms. The Bertz CT molecular complexity index is 731. The third-order valence-corrected chi connectivity index (χ3v) is 4.74. The quantitative estimate of drug-likeness (QED) is 0.712. The van der Waals surface area contributed by atoms with Crippen molar-refractivity contribution in [2.45, 2.75) is 39.3 Å². The first-order valence-corrected chi connectivity index (χ1v) is 8.24. The molecule has 2 heterocycles. The van der Waals surface area contributed by atoms with Crippen molar-refractivity contribution < 1.29 is 4.52 Å². The van der Waals surface area contributed by atoms with Crippen molar-refractivity contribution in [3.8, 4) is 0 Å². The zero-order valence-corrected chi connectivity index (χ0v) is 14.1. The first-order chi connectivity index (χ1) is 10.5. The van der Waals surface area contributed by atoms with Crippen LogP contribution in [0.3, 0.4) is 0 Å². The second-order valence-corrected chi connectivity index (χ2v) is 6.93. The van der Waals surface area contributed by atoms with E-state index in [2.05, 4.69) is 53.9 Å². The van der Waals surface area contributed by atoms with Gasteiger partial charge in [0.05, 0.1) is 22.8 Å². The van der Waals surface area contributed by atoms with E-state index in [9.17, 15) is 0 Å². The summed E-state index contributed by atoms with van der Waals surface area (Å²) in [7, 11) is 2.05. The summed E-state index contributed by atoms with van der Waals surface area (Å²) in [6.45, 7) is 6.96. The van der Waals surface area contributed by atoms with Gasteiger partial charge >= 0.3 is 0 Å². The molecule has 22 heavy (non-hydrogen) atoms. The Kier molecular flexibility index (Phi) is 4.22. The number of rotatable bonds is 5. The number of nitrogens with zero attached hydrogens (tertiary/aromatic N) is 4. The molecule has 0 aliphatic heterocycles. The van der Waals surface area contributed by atoms with Crippen LogP contribution in [0.5, 0.6) is 0 Å². The van der Waals surface area contributed by atoms with E-state index in [1.165, 1.54) is 4.70 Å². The van der Waals surface area contributed by atoms with Crippen LogP contribution in [0.2, 0.25) is 0 Å². The minimum atomic E-state index is 0.0620. The maximum atomic E-state index is 5.39. The van der Waals surface area contributed by atoms with Crippen LogP contribution in [0.25, 0.3) is 10.2 Å². The first-order valence-electron chi connectivity index (χ1n) is 7.42. The van der Waals surface area contributed by atoms with Gasteiger partial charge in [-0.3, -0.25) is 4.90 Å². The summed E-state index contributed by atoms with van der Waals surface area (Å²) in [6, 6.07) is 8.28. The lowest BCUT2D eigenvalue weighted by Gasteiger charge is -2.20. The summed E-state index contributed by atoms with van der Waals surface area (Å²) in [5.41, 5.74) is 1.06. The third kappa shape index (κ3) is 3.03. The first kappa shape index (κ1) is 15.1. The molecule has 0 fully saturated rings. The van der Waals surface area contributed by atoms with Gasteiger partial charge < -0.3 is 4.52 Å². The van der Waals surface area contributed by atoms with Crippen LogP contribution in [0.1, 0.15) is 49.5 Å². The van der Waals surface area contributed by atoms with Gasteiger partial charge in [0.15, 0.2) is 5.82 Å². The topological polar surface area (TPSA) is 55.1 Å². The third-order valence-electron chi connectivity index (χ3n) is 3.72. The summed E-state index contributed by atoms with van der Waals surface area (Å²) in [6.07, 6.45) is 0. The van der Waals surface area contributed by atoms with Crippen molar-refractivity contribution >= 4 is 21.6 Å². The SMILES string of the molecule is CC(C)c1noc([C@@H](C)N(C)Cc2nc3ccccc3s2)n1. The van der Waals surface area contributed by atoms with Gasteiger partial charge in [-0.1, -0.05) is 31.1 Å². The van der Waals surface area contributed by atoms with Gasteiger partial charge in [-0.05, 0) is 26.1 Å². The Hall–Kier alpha value is -1.79. The number of benzene rings is 1. The molecule has 5 nitrogen and oxygen atoms in total. The van der Waals surface area contributed by atoms with Gasteiger partial charge in [-0.2, -0.15) is 4.98 Å². The Morgan fingerprint density at radius 2 is 1.95 bits per heavy atom. The Labute approximate surface area is 134 Å². The normalized spacial score (nSPS) is 13.4. The van der Waals surface area contributed by atoms with Gasteiger partial charge in [-0.15, -0.1) is 11.3 Å². The molecule has 2 aromatic heterocycles. The minimum absolute atomic E-state index is 0.0620. The van der Waals surface area contributed by atoms with Crippen molar-refractivity contribution in [1.82, 2.24) is 20.0 Å². The van der Waals surface area contributed by atoms with E-state index < -0.39 is 0 Å². The van der Waals surface area contributed by atoms with Gasteiger partial charge in [-0.25, -0.2) is 4.98 Å². The van der Waals surface area contributed by atoms with Crippen LogP contribution < -0.4 is 0 Å². The van der Waals surface area contributed by atoms with Crippen LogP contribution in [0, 0.1) is 0 Å². The summed E-state index contributed by atoms with van der Waals surface area (Å²) in [5.74, 6) is 1.70. The summed E-state index contributed by atoms with van der Waals surface area (Å²) < 4.78 is 6.61. The largest absolute Gasteiger partial charge is 0.338 e. The molecule has 0 unspecified atom stereocenters. The van der Waals surface area contributed by atoms with Crippen molar-refractivity contribution in [3.63, 3.8) is 0 Å². The second-order valence-electron chi connectivity index (χ2n) is 5.81. The van der Waals surface area contributed by atoms with E-state index >= 15 is 0 Å². The molecule has 0 amide bonds. The zero-order chi connectivity index (χ0) is 15.7. The van der Waals surface area contributed by atoms with Crippen molar-refractivity contribution in [3.05, 3.63) is 41.0 Å². The molecule has 0 aliphatic carbocycles. The molecule has 1 atom stereocenters. The Morgan fingerprint density at radius 3 is 2.64 bits per heavy atom. The highest BCUT2D eigenvalue weighted by Gasteiger charge is 2.20. The molecule has 0 radical (unpaired) electrons. The molecule has 3 aromatic rings. The lowest BCUT2D eigenvalue weighted by molar-refractivity contribution is 0.202. The fraction of sp³-hybridized carbons (Fsp3) is 0.438. The maximum absolute atomic E-state index is 5.39. The predicted molar refractivity (Wildman–Crippen MR) is 87.9 cm³/mol. The molecule has 0 N–H and O–H groups in total. The predicted octanol–water partition coefficient (Wildman–Crippen LogP) is 4.00. The lowest BCUT2D eigenvalue weighted by Crippen LogP contribution is -2.22. The van der Waals surface area contributed by atoms with Gasteiger partial charge in [0.25, 0.3) is 0 Å². The minimum Gasteiger partial charge on any atom is -0.338 e. The van der Waals surface area contributed by atoms with Crippen LogP contribution >= 0.6 is 11.3 Å². The number of thiazole rings is 1. The highest BCUT2D eigenvalue weighted by Crippen LogP contribution is 2.25. The van der Waals surface area contributed by atoms with Crippen LogP contribution in [0.15, 0.2) is 28.8 Å². The molecular weight excluding hydrogens is 296 g/mol. The van der Waals surface area contributed by atoms with Gasteiger partial charge in [0.2, 0.25) is 5.89 Å². The number of aromatic nitrogens is 3. The van der Waals surface area contributed by atoms with Crippen molar-refractivity contribution in [2.75, 3.05) is 7.05 Å². The zero-order valence-electron chi connectivity index (χ0n) is 13.3. The monoisotopic (exact) mass is 316 g/mol. The summed E-state index contributed by atoms with van der Waals surface area (Å²) in [4.78, 5) is 11.3. The molecule has 6 heteroatoms. The van der Waals surface area contributed by atoms with Crippen LogP contribution in [0.4, 0.5) is 0 Å². The van der Waals surface area contributed by atoms with E-state index in [1.54, 1.807) is 11.3 Å². The standard InChI is InChI=1S/C16H20N4OS/c1-10(2)15-18-16(21-19-15)11(3)20(4)9-14-17-12-7-5-6-8-13(12)22-14/h5-8,10-11H,9H2,1-4H3/t11-/m1/s1. The van der Waals surface area contributed by atoms with E-state index in [0.29, 0.717) is 5.89 Å². The number of para-hydroxylation sites is 1.